The van der Waals surface area contributed by atoms with E-state index in [1.807, 2.05) is 42.2 Å². The Balaban J connectivity index is 0.00000150. The average molecular weight is 438 g/mol. The molecule has 6 nitrogen and oxygen atoms in total. The number of hydrogen-bond donors (Lipinski definition) is 2. The first-order valence-electron chi connectivity index (χ1n) is 9.68. The fourth-order valence-electron chi connectivity index (χ4n) is 3.97. The zero-order valence-electron chi connectivity index (χ0n) is 16.6. The number of anilines is 1. The molecule has 1 amide bonds. The zero-order chi connectivity index (χ0) is 18.8. The second-order valence-electron chi connectivity index (χ2n) is 7.48. The molecule has 2 aliphatic rings. The maximum atomic E-state index is 12.8. The monoisotopic (exact) mass is 437 g/mol. The molecule has 158 valence electrons. The second kappa shape index (κ2) is 10.3. The van der Waals surface area contributed by atoms with Gasteiger partial charge in [-0.1, -0.05) is 12.1 Å². The molecule has 3 heterocycles. The molecule has 2 aromatic rings. The predicted octanol–water partition coefficient (Wildman–Crippen LogP) is 2.60. The summed E-state index contributed by atoms with van der Waals surface area (Å²) in [6.45, 7) is 7.68. The molecular weight excluding hydrogens is 409 g/mol. The summed E-state index contributed by atoms with van der Waals surface area (Å²) in [5.74, 6) is 0.676. The van der Waals surface area contributed by atoms with Gasteiger partial charge in [-0.3, -0.25) is 9.69 Å². The number of nitrogens with zero attached hydrogens (tertiary/aromatic N) is 3. The van der Waals surface area contributed by atoms with E-state index in [9.17, 15) is 4.79 Å². The van der Waals surface area contributed by atoms with Crippen molar-refractivity contribution in [2.75, 3.05) is 45.0 Å². The number of pyridine rings is 1. The third-order valence-corrected chi connectivity index (χ3v) is 5.74. The Bertz CT molecular complexity index is 816. The number of nitrogens with one attached hydrogen (secondary N) is 1. The highest BCUT2D eigenvalue weighted by atomic mass is 35.5. The number of benzene rings is 1. The molecule has 0 radical (unpaired) electrons. The van der Waals surface area contributed by atoms with Gasteiger partial charge in [-0.25, -0.2) is 4.98 Å². The quantitative estimate of drug-likeness (QED) is 0.771. The molecule has 2 saturated heterocycles. The predicted molar refractivity (Wildman–Crippen MR) is 122 cm³/mol. The van der Waals surface area contributed by atoms with Gasteiger partial charge in [0, 0.05) is 56.1 Å². The molecule has 0 saturated carbocycles. The lowest BCUT2D eigenvalue weighted by Gasteiger charge is -2.37. The van der Waals surface area contributed by atoms with Crippen molar-refractivity contribution in [2.45, 2.75) is 19.4 Å². The first-order valence-corrected chi connectivity index (χ1v) is 9.68. The number of nitrogens with two attached hydrogens (primary N) is 1. The highest BCUT2D eigenvalue weighted by molar-refractivity contribution is 5.94. The summed E-state index contributed by atoms with van der Waals surface area (Å²) in [4.78, 5) is 21.6. The number of halogens is 2. The molecule has 1 atom stereocenters. The first kappa shape index (κ1) is 23.4. The van der Waals surface area contributed by atoms with Crippen LogP contribution in [0.15, 0.2) is 36.5 Å². The lowest BCUT2D eigenvalue weighted by molar-refractivity contribution is 0.0584. The molecule has 0 spiro atoms. The minimum atomic E-state index is 0. The van der Waals surface area contributed by atoms with E-state index in [0.717, 1.165) is 61.5 Å². The Morgan fingerprint density at radius 1 is 1.10 bits per heavy atom. The fraction of sp³-hybridized carbons (Fsp3) is 0.429. The molecule has 8 heteroatoms. The van der Waals surface area contributed by atoms with E-state index < -0.39 is 0 Å². The maximum Gasteiger partial charge on any atom is 0.253 e. The van der Waals surface area contributed by atoms with Crippen LogP contribution >= 0.6 is 24.8 Å². The number of aryl methyl sites for hydroxylation is 1. The number of hydrogen-bond acceptors (Lipinski definition) is 5. The number of aromatic nitrogens is 1. The van der Waals surface area contributed by atoms with Crippen LogP contribution in [-0.4, -0.2) is 66.0 Å². The van der Waals surface area contributed by atoms with Crippen molar-refractivity contribution < 1.29 is 4.79 Å². The summed E-state index contributed by atoms with van der Waals surface area (Å²) in [7, 11) is 0. The number of amides is 1. The van der Waals surface area contributed by atoms with E-state index in [1.54, 1.807) is 6.20 Å². The number of nitrogen functional groups attached to an aromatic ring is 1. The van der Waals surface area contributed by atoms with Crippen LogP contribution in [0.2, 0.25) is 0 Å². The summed E-state index contributed by atoms with van der Waals surface area (Å²) in [5.41, 5.74) is 9.56. The van der Waals surface area contributed by atoms with Gasteiger partial charge in [-0.2, -0.15) is 0 Å². The molecule has 0 aliphatic carbocycles. The van der Waals surface area contributed by atoms with Crippen molar-refractivity contribution in [1.82, 2.24) is 20.1 Å². The lowest BCUT2D eigenvalue weighted by atomic mass is 10.0. The van der Waals surface area contributed by atoms with Crippen molar-refractivity contribution >= 4 is 36.5 Å². The van der Waals surface area contributed by atoms with Crippen molar-refractivity contribution in [3.8, 4) is 11.1 Å². The van der Waals surface area contributed by atoms with E-state index in [-0.39, 0.29) is 30.7 Å². The van der Waals surface area contributed by atoms with Crippen LogP contribution in [0.3, 0.4) is 0 Å². The van der Waals surface area contributed by atoms with E-state index >= 15 is 0 Å². The average Bonchev–Trinajstić information content (AvgIpc) is 3.25. The molecule has 4 rings (SSSR count). The minimum Gasteiger partial charge on any atom is -0.383 e. The minimum absolute atomic E-state index is 0. The number of carbonyl (C=O) groups excluding carboxylic acids is 1. The summed E-state index contributed by atoms with van der Waals surface area (Å²) >= 11 is 0. The van der Waals surface area contributed by atoms with Gasteiger partial charge < -0.3 is 16.0 Å². The number of piperazine rings is 1. The van der Waals surface area contributed by atoms with Crippen LogP contribution in [-0.2, 0) is 0 Å². The zero-order valence-corrected chi connectivity index (χ0v) is 18.3. The van der Waals surface area contributed by atoms with E-state index in [1.165, 1.54) is 6.42 Å². The highest BCUT2D eigenvalue weighted by Gasteiger charge is 2.28. The highest BCUT2D eigenvalue weighted by Crippen LogP contribution is 2.23. The molecule has 1 aromatic carbocycles. The summed E-state index contributed by atoms with van der Waals surface area (Å²) in [5, 5.41) is 3.42. The van der Waals surface area contributed by atoms with Gasteiger partial charge in [0.15, 0.2) is 0 Å². The normalized spacial score (nSPS) is 19.3. The van der Waals surface area contributed by atoms with E-state index in [4.69, 9.17) is 5.73 Å². The maximum absolute atomic E-state index is 12.8. The summed E-state index contributed by atoms with van der Waals surface area (Å²) in [6, 6.07) is 10.5. The molecule has 3 N–H and O–H groups in total. The second-order valence-corrected chi connectivity index (χ2v) is 7.48. The van der Waals surface area contributed by atoms with Crippen LogP contribution in [0.1, 0.15) is 22.3 Å². The van der Waals surface area contributed by atoms with Crippen LogP contribution < -0.4 is 11.1 Å². The molecule has 1 aromatic heterocycles. The smallest absolute Gasteiger partial charge is 0.253 e. The number of rotatable bonds is 3. The molecule has 2 fully saturated rings. The largest absolute Gasteiger partial charge is 0.383 e. The topological polar surface area (TPSA) is 74.5 Å². The molecule has 29 heavy (non-hydrogen) atoms. The molecule has 0 bridgehead atoms. The van der Waals surface area contributed by atoms with Crippen molar-refractivity contribution in [1.29, 1.82) is 0 Å². The Morgan fingerprint density at radius 2 is 1.79 bits per heavy atom. The van der Waals surface area contributed by atoms with Gasteiger partial charge in [0.1, 0.15) is 5.82 Å². The summed E-state index contributed by atoms with van der Waals surface area (Å²) in [6.07, 6.45) is 2.99. The van der Waals surface area contributed by atoms with E-state index in [2.05, 4.69) is 15.2 Å². The van der Waals surface area contributed by atoms with Gasteiger partial charge in [0.05, 0.1) is 0 Å². The van der Waals surface area contributed by atoms with Crippen LogP contribution in [0.4, 0.5) is 5.82 Å². The van der Waals surface area contributed by atoms with Crippen molar-refractivity contribution in [3.05, 3.63) is 47.7 Å². The Morgan fingerprint density at radius 3 is 2.38 bits per heavy atom. The van der Waals surface area contributed by atoms with Crippen LogP contribution in [0, 0.1) is 6.92 Å². The van der Waals surface area contributed by atoms with Crippen LogP contribution in [0.25, 0.3) is 11.1 Å². The Hall–Kier alpha value is -1.86. The standard InChI is InChI=1S/C21H27N5O.2ClH/c1-15-12-18(13-24-20(15)22)16-2-4-17(5-3-16)21(27)26-10-8-25(9-11-26)19-6-7-23-14-19;;/h2-5,12-13,19,23H,6-11,14H2,1H3,(H2,22,24);2*1H. The van der Waals surface area contributed by atoms with Crippen LogP contribution in [0.5, 0.6) is 0 Å². The lowest BCUT2D eigenvalue weighted by Crippen LogP contribution is -2.52. The van der Waals surface area contributed by atoms with Gasteiger partial charge in [-0.05, 0) is 49.2 Å². The fourth-order valence-corrected chi connectivity index (χ4v) is 3.97. The Labute approximate surface area is 184 Å². The van der Waals surface area contributed by atoms with Gasteiger partial charge in [-0.15, -0.1) is 24.8 Å². The third-order valence-electron chi connectivity index (χ3n) is 5.74. The molecule has 1 unspecified atom stereocenters. The summed E-state index contributed by atoms with van der Waals surface area (Å²) < 4.78 is 0. The SMILES string of the molecule is Cc1cc(-c2ccc(C(=O)N3CCN(C4CCNC4)CC3)cc2)cnc1N.Cl.Cl. The Kier molecular flexibility index (Phi) is 8.28. The van der Waals surface area contributed by atoms with Gasteiger partial charge >= 0.3 is 0 Å². The number of carbonyl (C=O) groups is 1. The first-order chi connectivity index (χ1) is 13.1. The molecular formula is C21H29Cl2N5O. The molecule has 2 aliphatic heterocycles. The van der Waals surface area contributed by atoms with Crippen molar-refractivity contribution in [2.24, 2.45) is 0 Å². The van der Waals surface area contributed by atoms with Crippen molar-refractivity contribution in [3.63, 3.8) is 0 Å². The van der Waals surface area contributed by atoms with Gasteiger partial charge in [0.25, 0.3) is 5.91 Å². The van der Waals surface area contributed by atoms with E-state index in [0.29, 0.717) is 11.9 Å². The third kappa shape index (κ3) is 5.20. The van der Waals surface area contributed by atoms with Gasteiger partial charge in [0.2, 0.25) is 0 Å².